The molecule has 0 radical (unpaired) electrons. The Kier molecular flexibility index (Phi) is 2.30. The molecule has 88 valence electrons. The second kappa shape index (κ2) is 3.96. The maximum Gasteiger partial charge on any atom is 0.296 e. The summed E-state index contributed by atoms with van der Waals surface area (Å²) >= 11 is 0. The number of nitrogens with one attached hydrogen (secondary N) is 2. The van der Waals surface area contributed by atoms with Gasteiger partial charge in [-0.25, -0.2) is 0 Å². The topological polar surface area (TPSA) is 71.1 Å². The first kappa shape index (κ1) is 10.5. The average Bonchev–Trinajstić information content (AvgIpc) is 2.69. The summed E-state index contributed by atoms with van der Waals surface area (Å²) in [6.45, 7) is 0. The summed E-state index contributed by atoms with van der Waals surface area (Å²) in [5.74, 6) is -1.09. The van der Waals surface area contributed by atoms with Gasteiger partial charge in [-0.05, 0) is 24.3 Å². The van der Waals surface area contributed by atoms with Gasteiger partial charge in [0.25, 0.3) is 11.7 Å². The van der Waals surface area contributed by atoms with Crippen molar-refractivity contribution in [1.82, 2.24) is 4.98 Å². The molecule has 1 aromatic heterocycles. The third-order valence-corrected chi connectivity index (χ3v) is 2.71. The van der Waals surface area contributed by atoms with Gasteiger partial charge < -0.3 is 10.6 Å². The lowest BCUT2D eigenvalue weighted by Gasteiger charge is -2.09. The molecule has 0 bridgehead atoms. The number of fused-ring (bicyclic) bond motifs is 1. The highest BCUT2D eigenvalue weighted by molar-refractivity contribution is 6.52. The summed E-state index contributed by atoms with van der Waals surface area (Å²) in [5, 5.41) is 5.71. The average molecular weight is 239 g/mol. The number of nitrogens with zero attached hydrogens (tertiary/aromatic N) is 1. The summed E-state index contributed by atoms with van der Waals surface area (Å²) in [6.07, 6.45) is 3.32. The summed E-state index contributed by atoms with van der Waals surface area (Å²) in [6, 6.07) is 8.78. The number of ketones is 1. The smallest absolute Gasteiger partial charge is 0.296 e. The number of pyridine rings is 1. The first-order chi connectivity index (χ1) is 8.75. The van der Waals surface area contributed by atoms with Gasteiger partial charge in [0.1, 0.15) is 0 Å². The van der Waals surface area contributed by atoms with Gasteiger partial charge >= 0.3 is 0 Å². The van der Waals surface area contributed by atoms with Crippen molar-refractivity contribution in [3.05, 3.63) is 48.3 Å². The number of aromatic nitrogens is 1. The number of hydrogen-bond donors (Lipinski definition) is 2. The molecule has 3 rings (SSSR count). The zero-order valence-corrected chi connectivity index (χ0v) is 9.31. The van der Waals surface area contributed by atoms with E-state index in [0.717, 1.165) is 5.69 Å². The van der Waals surface area contributed by atoms with Crippen LogP contribution >= 0.6 is 0 Å². The van der Waals surface area contributed by atoms with Gasteiger partial charge in [0.05, 0.1) is 16.9 Å². The van der Waals surface area contributed by atoms with E-state index in [9.17, 15) is 9.59 Å². The SMILES string of the molecule is O=C1Nc2c(Nc3ccncc3)cccc2C1=O. The molecule has 0 saturated heterocycles. The third kappa shape index (κ3) is 1.62. The van der Waals surface area contributed by atoms with Crippen molar-refractivity contribution in [2.75, 3.05) is 10.6 Å². The lowest BCUT2D eigenvalue weighted by atomic mass is 10.1. The fourth-order valence-corrected chi connectivity index (χ4v) is 1.86. The van der Waals surface area contributed by atoms with Gasteiger partial charge in [0.2, 0.25) is 0 Å². The molecule has 0 unspecified atom stereocenters. The highest BCUT2D eigenvalue weighted by Gasteiger charge is 2.29. The number of carbonyl (C=O) groups is 2. The molecule has 0 spiro atoms. The first-order valence-electron chi connectivity index (χ1n) is 5.41. The molecule has 1 aromatic carbocycles. The Balaban J connectivity index is 2.01. The molecule has 18 heavy (non-hydrogen) atoms. The van der Waals surface area contributed by atoms with Crippen LogP contribution in [0.15, 0.2) is 42.7 Å². The third-order valence-electron chi connectivity index (χ3n) is 2.71. The predicted molar refractivity (Wildman–Crippen MR) is 66.9 cm³/mol. The number of Topliss-reactive ketones (excluding diaryl/α,β-unsaturated/α-hetero) is 1. The van der Waals surface area contributed by atoms with Gasteiger partial charge in [-0.2, -0.15) is 0 Å². The Morgan fingerprint density at radius 3 is 2.61 bits per heavy atom. The van der Waals surface area contributed by atoms with Crippen molar-refractivity contribution >= 4 is 28.8 Å². The zero-order chi connectivity index (χ0) is 12.5. The van der Waals surface area contributed by atoms with Crippen LogP contribution in [0.2, 0.25) is 0 Å². The summed E-state index contributed by atoms with van der Waals surface area (Å²) in [7, 11) is 0. The van der Waals surface area contributed by atoms with Crippen LogP contribution in [0.4, 0.5) is 17.1 Å². The highest BCUT2D eigenvalue weighted by atomic mass is 16.2. The van der Waals surface area contributed by atoms with Crippen LogP contribution in [-0.2, 0) is 4.79 Å². The van der Waals surface area contributed by atoms with Crippen LogP contribution in [0.3, 0.4) is 0 Å². The zero-order valence-electron chi connectivity index (χ0n) is 9.31. The maximum atomic E-state index is 11.6. The number of rotatable bonds is 2. The maximum absolute atomic E-state index is 11.6. The molecule has 2 aromatic rings. The minimum atomic E-state index is -0.589. The summed E-state index contributed by atoms with van der Waals surface area (Å²) in [4.78, 5) is 26.8. The van der Waals surface area contributed by atoms with Gasteiger partial charge in [-0.15, -0.1) is 0 Å². The Bertz CT molecular complexity index is 638. The van der Waals surface area contributed by atoms with Crippen LogP contribution in [0.5, 0.6) is 0 Å². The molecule has 0 aliphatic carbocycles. The van der Waals surface area contributed by atoms with E-state index in [1.165, 1.54) is 0 Å². The molecule has 0 atom stereocenters. The highest BCUT2D eigenvalue weighted by Crippen LogP contribution is 2.32. The minimum absolute atomic E-state index is 0.402. The number of amides is 1. The molecule has 0 fully saturated rings. The van der Waals surface area contributed by atoms with E-state index >= 15 is 0 Å². The molecule has 1 aliphatic rings. The molecule has 0 saturated carbocycles. The Hall–Kier alpha value is -2.69. The fourth-order valence-electron chi connectivity index (χ4n) is 1.86. The predicted octanol–water partition coefficient (Wildman–Crippen LogP) is 1.96. The molecular formula is C13H9N3O2. The van der Waals surface area contributed by atoms with E-state index in [1.54, 1.807) is 42.7 Å². The normalized spacial score (nSPS) is 13.1. The number of anilines is 3. The largest absolute Gasteiger partial charge is 0.354 e. The lowest BCUT2D eigenvalue weighted by molar-refractivity contribution is -0.112. The van der Waals surface area contributed by atoms with Gasteiger partial charge in [-0.1, -0.05) is 6.07 Å². The van der Waals surface area contributed by atoms with Crippen LogP contribution < -0.4 is 10.6 Å². The van der Waals surface area contributed by atoms with Crippen molar-refractivity contribution < 1.29 is 9.59 Å². The Morgan fingerprint density at radius 2 is 1.83 bits per heavy atom. The summed E-state index contributed by atoms with van der Waals surface area (Å²) in [5.41, 5.74) is 2.47. The van der Waals surface area contributed by atoms with Crippen molar-refractivity contribution in [2.45, 2.75) is 0 Å². The number of hydrogen-bond acceptors (Lipinski definition) is 4. The molecular weight excluding hydrogens is 230 g/mol. The number of carbonyl (C=O) groups excluding carboxylic acids is 2. The van der Waals surface area contributed by atoms with E-state index in [4.69, 9.17) is 0 Å². The molecule has 1 amide bonds. The van der Waals surface area contributed by atoms with Gasteiger partial charge in [0, 0.05) is 18.1 Å². The monoisotopic (exact) mass is 239 g/mol. The second-order valence-electron chi connectivity index (χ2n) is 3.87. The number of para-hydroxylation sites is 1. The minimum Gasteiger partial charge on any atom is -0.354 e. The molecule has 2 heterocycles. The van der Waals surface area contributed by atoms with Crippen LogP contribution in [0, 0.1) is 0 Å². The Morgan fingerprint density at radius 1 is 1.06 bits per heavy atom. The van der Waals surface area contributed by atoms with Crippen molar-refractivity contribution in [3.8, 4) is 0 Å². The summed E-state index contributed by atoms with van der Waals surface area (Å²) < 4.78 is 0. The molecule has 1 aliphatic heterocycles. The van der Waals surface area contributed by atoms with Crippen molar-refractivity contribution in [1.29, 1.82) is 0 Å². The van der Waals surface area contributed by atoms with E-state index in [-0.39, 0.29) is 0 Å². The van der Waals surface area contributed by atoms with E-state index in [1.807, 2.05) is 0 Å². The van der Waals surface area contributed by atoms with E-state index in [2.05, 4.69) is 15.6 Å². The fraction of sp³-hybridized carbons (Fsp3) is 0. The molecule has 5 heteroatoms. The molecule has 5 nitrogen and oxygen atoms in total. The van der Waals surface area contributed by atoms with Gasteiger partial charge in [-0.3, -0.25) is 14.6 Å². The number of benzene rings is 1. The van der Waals surface area contributed by atoms with Crippen molar-refractivity contribution in [2.24, 2.45) is 0 Å². The van der Waals surface area contributed by atoms with Crippen LogP contribution in [0.25, 0.3) is 0 Å². The second-order valence-corrected chi connectivity index (χ2v) is 3.87. The first-order valence-corrected chi connectivity index (χ1v) is 5.41. The van der Waals surface area contributed by atoms with Crippen LogP contribution in [0.1, 0.15) is 10.4 Å². The van der Waals surface area contributed by atoms with Crippen LogP contribution in [-0.4, -0.2) is 16.7 Å². The standard InChI is InChI=1S/C13H9N3O2/c17-12-9-2-1-3-10(11(9)16-13(12)18)15-8-4-6-14-7-5-8/h1-7H,(H,14,15)(H,16,17,18). The van der Waals surface area contributed by atoms with E-state index in [0.29, 0.717) is 16.9 Å². The lowest BCUT2D eigenvalue weighted by Crippen LogP contribution is -2.12. The van der Waals surface area contributed by atoms with Gasteiger partial charge in [0.15, 0.2) is 0 Å². The quantitative estimate of drug-likeness (QED) is 0.786. The van der Waals surface area contributed by atoms with Crippen molar-refractivity contribution in [3.63, 3.8) is 0 Å². The van der Waals surface area contributed by atoms with E-state index < -0.39 is 11.7 Å². The molecule has 2 N–H and O–H groups in total. The Labute approximate surface area is 103 Å².